The number of nitrogens with zero attached hydrogens (tertiary/aromatic N) is 2. The van der Waals surface area contributed by atoms with Crippen molar-refractivity contribution in [3.05, 3.63) is 72.1 Å². The van der Waals surface area contributed by atoms with Crippen LogP contribution in [0.5, 0.6) is 5.75 Å². The first-order valence-corrected chi connectivity index (χ1v) is 10.6. The molecular weight excluding hydrogens is 360 g/mol. The van der Waals surface area contributed by atoms with Crippen LogP contribution in [-0.4, -0.2) is 28.9 Å². The molecule has 1 aromatic heterocycles. The molecule has 1 amide bonds. The van der Waals surface area contributed by atoms with Gasteiger partial charge >= 0.3 is 0 Å². The minimum Gasteiger partial charge on any atom is -0.458 e. The van der Waals surface area contributed by atoms with Crippen molar-refractivity contribution in [1.82, 2.24) is 9.88 Å². The molecule has 0 saturated heterocycles. The summed E-state index contributed by atoms with van der Waals surface area (Å²) in [7, 11) is 0. The first-order valence-electron chi connectivity index (χ1n) is 10.6. The minimum atomic E-state index is 0.00454. The number of carbonyl (C=O) groups is 1. The molecule has 1 heterocycles. The zero-order valence-corrected chi connectivity index (χ0v) is 17.2. The molecule has 0 N–H and O–H groups in total. The van der Waals surface area contributed by atoms with Gasteiger partial charge in [-0.1, -0.05) is 26.0 Å². The molecular formula is C25H28N2O2. The van der Waals surface area contributed by atoms with Gasteiger partial charge in [0.1, 0.15) is 17.2 Å². The highest BCUT2D eigenvalue weighted by Crippen LogP contribution is 2.44. The lowest BCUT2D eigenvalue weighted by atomic mass is 10.1. The monoisotopic (exact) mass is 388 g/mol. The highest BCUT2D eigenvalue weighted by Gasteiger charge is 2.35. The Bertz CT molecular complexity index is 924. The van der Waals surface area contributed by atoms with Crippen molar-refractivity contribution in [2.45, 2.75) is 33.1 Å². The van der Waals surface area contributed by atoms with Crippen LogP contribution >= 0.6 is 0 Å². The molecule has 4 nitrogen and oxygen atoms in total. The molecule has 1 saturated carbocycles. The van der Waals surface area contributed by atoms with Crippen molar-refractivity contribution in [1.29, 1.82) is 0 Å². The maximum absolute atomic E-state index is 12.8. The molecule has 0 bridgehead atoms. The topological polar surface area (TPSA) is 42.4 Å². The third-order valence-electron chi connectivity index (χ3n) is 5.41. The lowest BCUT2D eigenvalue weighted by molar-refractivity contribution is 0.0750. The second-order valence-corrected chi connectivity index (χ2v) is 7.82. The predicted octanol–water partition coefficient (Wildman–Crippen LogP) is 5.48. The number of allylic oxidation sites excluding steroid dienone is 3. The van der Waals surface area contributed by atoms with Crippen molar-refractivity contribution < 1.29 is 9.53 Å². The van der Waals surface area contributed by atoms with E-state index < -0.39 is 0 Å². The number of amides is 1. The molecule has 2 aromatic rings. The summed E-state index contributed by atoms with van der Waals surface area (Å²) in [6.07, 6.45) is 9.66. The number of ether oxygens (including phenoxy) is 1. The summed E-state index contributed by atoms with van der Waals surface area (Å²) in [5.74, 6) is 3.14. The normalized spacial score (nSPS) is 19.3. The fourth-order valence-electron chi connectivity index (χ4n) is 3.76. The van der Waals surface area contributed by atoms with Crippen LogP contribution in [0.1, 0.15) is 43.6 Å². The summed E-state index contributed by atoms with van der Waals surface area (Å²) < 4.78 is 5.98. The molecule has 0 aliphatic heterocycles. The van der Waals surface area contributed by atoms with Crippen molar-refractivity contribution in [2.75, 3.05) is 13.1 Å². The first-order chi connectivity index (χ1) is 14.2. The molecule has 1 fully saturated rings. The largest absolute Gasteiger partial charge is 0.458 e. The van der Waals surface area contributed by atoms with Gasteiger partial charge in [0.15, 0.2) is 0 Å². The van der Waals surface area contributed by atoms with Gasteiger partial charge in [-0.3, -0.25) is 4.79 Å². The minimum absolute atomic E-state index is 0.00454. The number of carbonyl (C=O) groups excluding carboxylic acids is 1. The van der Waals surface area contributed by atoms with Crippen LogP contribution < -0.4 is 4.74 Å². The van der Waals surface area contributed by atoms with Crippen LogP contribution in [0.2, 0.25) is 0 Å². The molecule has 1 aromatic carbocycles. The summed E-state index contributed by atoms with van der Waals surface area (Å²) in [4.78, 5) is 19.4. The smallest absolute Gasteiger partial charge is 0.272 e. The van der Waals surface area contributed by atoms with E-state index in [1.807, 2.05) is 41.3 Å². The van der Waals surface area contributed by atoms with Crippen LogP contribution in [0.3, 0.4) is 0 Å². The van der Waals surface area contributed by atoms with Crippen molar-refractivity contribution in [2.24, 2.45) is 11.8 Å². The average Bonchev–Trinajstić information content (AvgIpc) is 3.53. The SMILES string of the molecule is CCCN(CCC)C(=O)c1cccc(-c2ccc(OC3=CC4CC4C=C3)cc2)n1. The Hall–Kier alpha value is -2.88. The van der Waals surface area contributed by atoms with E-state index in [2.05, 4.69) is 37.1 Å². The molecule has 2 atom stereocenters. The van der Waals surface area contributed by atoms with Crippen molar-refractivity contribution in [3.8, 4) is 17.0 Å². The van der Waals surface area contributed by atoms with Gasteiger partial charge in [0.2, 0.25) is 0 Å². The number of pyridine rings is 1. The highest BCUT2D eigenvalue weighted by molar-refractivity contribution is 5.92. The van der Waals surface area contributed by atoms with Crippen LogP contribution in [0.4, 0.5) is 0 Å². The first kappa shape index (κ1) is 19.4. The molecule has 2 aliphatic rings. The summed E-state index contributed by atoms with van der Waals surface area (Å²) in [6, 6.07) is 13.5. The zero-order valence-electron chi connectivity index (χ0n) is 17.2. The summed E-state index contributed by atoms with van der Waals surface area (Å²) in [5.41, 5.74) is 2.27. The van der Waals surface area contributed by atoms with Gasteiger partial charge in [-0.2, -0.15) is 0 Å². The Morgan fingerprint density at radius 3 is 2.52 bits per heavy atom. The fraction of sp³-hybridized carbons (Fsp3) is 0.360. The van der Waals surface area contributed by atoms with E-state index in [1.54, 1.807) is 6.07 Å². The van der Waals surface area contributed by atoms with E-state index in [1.165, 1.54) is 6.42 Å². The summed E-state index contributed by atoms with van der Waals surface area (Å²) in [5, 5.41) is 0. The van der Waals surface area contributed by atoms with Gasteiger partial charge in [0.05, 0.1) is 5.69 Å². The third kappa shape index (κ3) is 4.58. The molecule has 4 rings (SSSR count). The fourth-order valence-corrected chi connectivity index (χ4v) is 3.76. The van der Waals surface area contributed by atoms with Gasteiger partial charge < -0.3 is 9.64 Å². The van der Waals surface area contributed by atoms with Crippen molar-refractivity contribution >= 4 is 5.91 Å². The predicted molar refractivity (Wildman–Crippen MR) is 116 cm³/mol. The van der Waals surface area contributed by atoms with Crippen molar-refractivity contribution in [3.63, 3.8) is 0 Å². The highest BCUT2D eigenvalue weighted by atomic mass is 16.5. The Labute approximate surface area is 172 Å². The third-order valence-corrected chi connectivity index (χ3v) is 5.41. The van der Waals surface area contributed by atoms with E-state index in [0.717, 1.165) is 54.6 Å². The number of benzene rings is 1. The van der Waals surface area contributed by atoms with Gasteiger partial charge in [-0.15, -0.1) is 0 Å². The van der Waals surface area contributed by atoms with Crippen LogP contribution in [0, 0.1) is 11.8 Å². The van der Waals surface area contributed by atoms with E-state index in [0.29, 0.717) is 11.6 Å². The molecule has 2 aliphatic carbocycles. The van der Waals surface area contributed by atoms with Crippen LogP contribution in [0.25, 0.3) is 11.3 Å². The average molecular weight is 389 g/mol. The number of aromatic nitrogens is 1. The molecule has 4 heteroatoms. The van der Waals surface area contributed by atoms with Gasteiger partial charge in [0.25, 0.3) is 5.91 Å². The Morgan fingerprint density at radius 2 is 1.83 bits per heavy atom. The second kappa shape index (κ2) is 8.64. The lowest BCUT2D eigenvalue weighted by Crippen LogP contribution is -2.33. The Balaban J connectivity index is 1.47. The Kier molecular flexibility index (Phi) is 5.79. The molecule has 29 heavy (non-hydrogen) atoms. The number of rotatable bonds is 8. The van der Waals surface area contributed by atoms with Gasteiger partial charge in [-0.05, 0) is 79.6 Å². The zero-order chi connectivity index (χ0) is 20.2. The number of hydrogen-bond acceptors (Lipinski definition) is 3. The van der Waals surface area contributed by atoms with E-state index >= 15 is 0 Å². The van der Waals surface area contributed by atoms with Crippen LogP contribution in [-0.2, 0) is 0 Å². The summed E-state index contributed by atoms with van der Waals surface area (Å²) in [6.45, 7) is 5.70. The molecule has 2 unspecified atom stereocenters. The maximum Gasteiger partial charge on any atom is 0.272 e. The lowest BCUT2D eigenvalue weighted by Gasteiger charge is -2.21. The van der Waals surface area contributed by atoms with Gasteiger partial charge in [-0.25, -0.2) is 4.98 Å². The Morgan fingerprint density at radius 1 is 1.07 bits per heavy atom. The maximum atomic E-state index is 12.8. The van der Waals surface area contributed by atoms with E-state index in [9.17, 15) is 4.79 Å². The van der Waals surface area contributed by atoms with E-state index in [4.69, 9.17) is 4.74 Å². The number of fused-ring (bicyclic) bond motifs is 1. The standard InChI is InChI=1S/C25H28N2O2/c1-3-14-27(15-4-2)25(28)24-7-5-6-23(26-24)18-8-11-21(12-9-18)29-22-13-10-19-16-20(19)17-22/h5-13,17,19-20H,3-4,14-16H2,1-2H3. The molecule has 0 spiro atoms. The molecule has 150 valence electrons. The summed E-state index contributed by atoms with van der Waals surface area (Å²) >= 11 is 0. The molecule has 0 radical (unpaired) electrons. The van der Waals surface area contributed by atoms with Crippen LogP contribution in [0.15, 0.2) is 66.5 Å². The van der Waals surface area contributed by atoms with Gasteiger partial charge in [0, 0.05) is 18.7 Å². The van der Waals surface area contributed by atoms with E-state index in [-0.39, 0.29) is 5.91 Å². The quantitative estimate of drug-likeness (QED) is 0.601. The second-order valence-electron chi connectivity index (χ2n) is 7.82. The number of hydrogen-bond donors (Lipinski definition) is 0.